The summed E-state index contributed by atoms with van der Waals surface area (Å²) in [5.41, 5.74) is 1.01. The van der Waals surface area contributed by atoms with E-state index in [0.29, 0.717) is 29.4 Å². The lowest BCUT2D eigenvalue weighted by atomic mass is 9.83. The van der Waals surface area contributed by atoms with Crippen molar-refractivity contribution in [1.82, 2.24) is 0 Å². The molecule has 0 aliphatic carbocycles. The predicted molar refractivity (Wildman–Crippen MR) is 85.6 cm³/mol. The molecular weight excluding hydrogens is 280 g/mol. The molecule has 2 atom stereocenters. The molecule has 2 unspecified atom stereocenters. The Kier molecular flexibility index (Phi) is 4.48. The monoisotopic (exact) mass is 302 g/mol. The molecule has 0 N–H and O–H groups in total. The van der Waals surface area contributed by atoms with Gasteiger partial charge in [-0.05, 0) is 37.8 Å². The van der Waals surface area contributed by atoms with Crippen LogP contribution in [0.5, 0.6) is 5.75 Å². The Bertz CT molecular complexity index is 704. The largest absolute Gasteiger partial charge is 0.492 e. The van der Waals surface area contributed by atoms with Gasteiger partial charge >= 0.3 is 5.63 Å². The molecule has 0 radical (unpaired) electrons. The molecule has 2 heterocycles. The zero-order valence-electron chi connectivity index (χ0n) is 13.1. The third-order valence-corrected chi connectivity index (χ3v) is 4.47. The SMILES string of the molecule is CCOCCCC1COc2c(c(=O)oc3ccccc23)C1C. The first-order valence-electron chi connectivity index (χ1n) is 7.98. The van der Waals surface area contributed by atoms with Crippen LogP contribution in [-0.2, 0) is 4.74 Å². The highest BCUT2D eigenvalue weighted by Crippen LogP contribution is 2.40. The van der Waals surface area contributed by atoms with Crippen molar-refractivity contribution in [2.75, 3.05) is 19.8 Å². The predicted octanol–water partition coefficient (Wildman–Crippen LogP) is 3.72. The van der Waals surface area contributed by atoms with Crippen LogP contribution >= 0.6 is 0 Å². The second-order valence-electron chi connectivity index (χ2n) is 5.83. The molecular formula is C18H22O4. The summed E-state index contributed by atoms with van der Waals surface area (Å²) in [5, 5.41) is 0.886. The molecule has 2 aromatic rings. The third-order valence-electron chi connectivity index (χ3n) is 4.47. The van der Waals surface area contributed by atoms with E-state index in [1.165, 1.54) is 0 Å². The number of hydrogen-bond acceptors (Lipinski definition) is 4. The maximum Gasteiger partial charge on any atom is 0.343 e. The first kappa shape index (κ1) is 15.1. The molecule has 0 bridgehead atoms. The number of para-hydroxylation sites is 1. The minimum Gasteiger partial charge on any atom is -0.492 e. The van der Waals surface area contributed by atoms with Crippen LogP contribution in [0.3, 0.4) is 0 Å². The molecule has 0 saturated heterocycles. The molecule has 0 spiro atoms. The Balaban J connectivity index is 1.88. The minimum absolute atomic E-state index is 0.145. The Morgan fingerprint density at radius 3 is 2.95 bits per heavy atom. The highest BCUT2D eigenvalue weighted by molar-refractivity contribution is 5.84. The number of fused-ring (bicyclic) bond motifs is 3. The second kappa shape index (κ2) is 6.53. The molecule has 118 valence electrons. The summed E-state index contributed by atoms with van der Waals surface area (Å²) in [6.07, 6.45) is 1.98. The van der Waals surface area contributed by atoms with Gasteiger partial charge in [0, 0.05) is 19.1 Å². The van der Waals surface area contributed by atoms with Crippen molar-refractivity contribution in [2.24, 2.45) is 5.92 Å². The van der Waals surface area contributed by atoms with E-state index >= 15 is 0 Å². The molecule has 3 rings (SSSR count). The lowest BCUT2D eigenvalue weighted by Crippen LogP contribution is -2.29. The zero-order valence-corrected chi connectivity index (χ0v) is 13.1. The van der Waals surface area contributed by atoms with Crippen LogP contribution in [0, 0.1) is 5.92 Å². The quantitative estimate of drug-likeness (QED) is 0.624. The topological polar surface area (TPSA) is 48.7 Å². The van der Waals surface area contributed by atoms with Crippen molar-refractivity contribution < 1.29 is 13.9 Å². The number of hydrogen-bond donors (Lipinski definition) is 0. The number of benzene rings is 1. The van der Waals surface area contributed by atoms with Crippen LogP contribution in [0.15, 0.2) is 33.5 Å². The van der Waals surface area contributed by atoms with E-state index in [1.54, 1.807) is 6.07 Å². The van der Waals surface area contributed by atoms with Gasteiger partial charge < -0.3 is 13.9 Å². The Hall–Kier alpha value is -1.81. The second-order valence-corrected chi connectivity index (χ2v) is 5.83. The Labute approximate surface area is 130 Å². The summed E-state index contributed by atoms with van der Waals surface area (Å²) in [6.45, 7) is 6.25. The van der Waals surface area contributed by atoms with Gasteiger partial charge in [0.15, 0.2) is 0 Å². The van der Waals surface area contributed by atoms with Crippen molar-refractivity contribution in [3.63, 3.8) is 0 Å². The van der Waals surface area contributed by atoms with E-state index in [2.05, 4.69) is 6.92 Å². The summed E-state index contributed by atoms with van der Waals surface area (Å²) in [4.78, 5) is 12.3. The van der Waals surface area contributed by atoms with Gasteiger partial charge in [0.2, 0.25) is 0 Å². The maximum atomic E-state index is 12.3. The van der Waals surface area contributed by atoms with Crippen molar-refractivity contribution >= 4 is 11.0 Å². The average molecular weight is 302 g/mol. The summed E-state index contributed by atoms with van der Waals surface area (Å²) < 4.78 is 16.8. The fourth-order valence-electron chi connectivity index (χ4n) is 3.18. The van der Waals surface area contributed by atoms with Gasteiger partial charge in [0.1, 0.15) is 11.3 Å². The minimum atomic E-state index is -0.268. The number of rotatable bonds is 5. The van der Waals surface area contributed by atoms with Gasteiger partial charge in [0.05, 0.1) is 17.6 Å². The van der Waals surface area contributed by atoms with Crippen LogP contribution in [0.4, 0.5) is 0 Å². The van der Waals surface area contributed by atoms with E-state index in [1.807, 2.05) is 25.1 Å². The molecule has 1 aliphatic heterocycles. The average Bonchev–Trinajstić information content (AvgIpc) is 2.53. The highest BCUT2D eigenvalue weighted by Gasteiger charge is 2.32. The molecule has 1 aromatic carbocycles. The van der Waals surface area contributed by atoms with Gasteiger partial charge in [0.25, 0.3) is 0 Å². The smallest absolute Gasteiger partial charge is 0.343 e. The molecule has 4 heteroatoms. The molecule has 1 aromatic heterocycles. The first-order chi connectivity index (χ1) is 10.7. The lowest BCUT2D eigenvalue weighted by molar-refractivity contribution is 0.126. The van der Waals surface area contributed by atoms with Crippen LogP contribution in [-0.4, -0.2) is 19.8 Å². The molecule has 0 amide bonds. The first-order valence-corrected chi connectivity index (χ1v) is 7.98. The van der Waals surface area contributed by atoms with Crippen molar-refractivity contribution in [3.05, 3.63) is 40.2 Å². The summed E-state index contributed by atoms with van der Waals surface area (Å²) in [7, 11) is 0. The summed E-state index contributed by atoms with van der Waals surface area (Å²) in [6, 6.07) is 7.55. The van der Waals surface area contributed by atoms with E-state index in [0.717, 1.165) is 31.4 Å². The fraction of sp³-hybridized carbons (Fsp3) is 0.500. The van der Waals surface area contributed by atoms with Crippen LogP contribution in [0.1, 0.15) is 38.2 Å². The van der Waals surface area contributed by atoms with Crippen molar-refractivity contribution in [2.45, 2.75) is 32.6 Å². The van der Waals surface area contributed by atoms with E-state index in [4.69, 9.17) is 13.9 Å². The van der Waals surface area contributed by atoms with Crippen molar-refractivity contribution in [3.8, 4) is 5.75 Å². The molecule has 1 aliphatic rings. The van der Waals surface area contributed by atoms with Crippen molar-refractivity contribution in [1.29, 1.82) is 0 Å². The van der Waals surface area contributed by atoms with Crippen LogP contribution in [0.2, 0.25) is 0 Å². The molecule has 0 saturated carbocycles. The highest BCUT2D eigenvalue weighted by atomic mass is 16.5. The molecule has 0 fully saturated rings. The van der Waals surface area contributed by atoms with E-state index in [9.17, 15) is 4.79 Å². The van der Waals surface area contributed by atoms with Gasteiger partial charge in [-0.15, -0.1) is 0 Å². The Morgan fingerprint density at radius 1 is 1.32 bits per heavy atom. The molecule has 4 nitrogen and oxygen atoms in total. The van der Waals surface area contributed by atoms with Crippen LogP contribution in [0.25, 0.3) is 11.0 Å². The lowest BCUT2D eigenvalue weighted by Gasteiger charge is -2.30. The van der Waals surface area contributed by atoms with Gasteiger partial charge in [-0.2, -0.15) is 0 Å². The third kappa shape index (κ3) is 2.75. The van der Waals surface area contributed by atoms with E-state index < -0.39 is 0 Å². The van der Waals surface area contributed by atoms with Gasteiger partial charge in [-0.25, -0.2) is 4.79 Å². The van der Waals surface area contributed by atoms with Gasteiger partial charge in [-0.1, -0.05) is 19.1 Å². The van der Waals surface area contributed by atoms with E-state index in [-0.39, 0.29) is 11.5 Å². The van der Waals surface area contributed by atoms with Gasteiger partial charge in [-0.3, -0.25) is 0 Å². The normalized spacial score (nSPS) is 20.6. The van der Waals surface area contributed by atoms with Crippen LogP contribution < -0.4 is 10.4 Å². The zero-order chi connectivity index (χ0) is 15.5. The standard InChI is InChI=1S/C18H22O4/c1-3-20-10-6-7-13-11-21-17-14-8-4-5-9-15(14)22-18(19)16(17)12(13)2/h4-5,8-9,12-13H,3,6-7,10-11H2,1-2H3. The Morgan fingerprint density at radius 2 is 2.14 bits per heavy atom. The maximum absolute atomic E-state index is 12.3. The number of ether oxygens (including phenoxy) is 2. The summed E-state index contributed by atoms with van der Waals surface area (Å²) in [5.74, 6) is 1.18. The molecule has 22 heavy (non-hydrogen) atoms. The fourth-order valence-corrected chi connectivity index (χ4v) is 3.18. The summed E-state index contributed by atoms with van der Waals surface area (Å²) >= 11 is 0.